The van der Waals surface area contributed by atoms with Gasteiger partial charge in [-0.3, -0.25) is 4.55 Å². The van der Waals surface area contributed by atoms with Gasteiger partial charge in [-0.1, -0.05) is 13.3 Å². The number of halogens is 3. The number of alkyl halides is 3. The van der Waals surface area contributed by atoms with Crippen LogP contribution in [0.25, 0.3) is 0 Å². The highest BCUT2D eigenvalue weighted by Crippen LogP contribution is 2.20. The number of hydrogen-bond donors (Lipinski definition) is 1. The second-order valence-corrected chi connectivity index (χ2v) is 5.29. The molecular formula is C11H18F3NO3S. The van der Waals surface area contributed by atoms with Gasteiger partial charge in [0.05, 0.1) is 0 Å². The lowest BCUT2D eigenvalue weighted by Gasteiger charge is -1.97. The molecule has 1 heterocycles. The zero-order valence-corrected chi connectivity index (χ0v) is 11.6. The zero-order valence-electron chi connectivity index (χ0n) is 10.8. The SMILES string of the molecule is CCCCc1ccn(CC)c1.O=S(=O)(O)C(F)(F)F. The molecule has 1 N–H and O–H groups in total. The van der Waals surface area contributed by atoms with E-state index < -0.39 is 15.6 Å². The minimum absolute atomic E-state index is 1.09. The molecule has 0 saturated carbocycles. The minimum Gasteiger partial charge on any atom is -0.354 e. The van der Waals surface area contributed by atoms with E-state index in [1.54, 1.807) is 0 Å². The van der Waals surface area contributed by atoms with Crippen molar-refractivity contribution in [3.63, 3.8) is 0 Å². The average molecular weight is 301 g/mol. The van der Waals surface area contributed by atoms with Crippen molar-refractivity contribution in [1.29, 1.82) is 0 Å². The molecule has 4 nitrogen and oxygen atoms in total. The summed E-state index contributed by atoms with van der Waals surface area (Å²) in [6.45, 7) is 5.49. The summed E-state index contributed by atoms with van der Waals surface area (Å²) in [6.07, 6.45) is 8.25. The fourth-order valence-electron chi connectivity index (χ4n) is 1.22. The molecule has 0 saturated heterocycles. The molecule has 0 fully saturated rings. The highest BCUT2D eigenvalue weighted by Gasteiger charge is 2.44. The molecule has 0 unspecified atom stereocenters. The fourth-order valence-corrected chi connectivity index (χ4v) is 1.22. The quantitative estimate of drug-likeness (QED) is 0.686. The largest absolute Gasteiger partial charge is 0.522 e. The Labute approximate surface area is 111 Å². The molecule has 1 aromatic heterocycles. The van der Waals surface area contributed by atoms with Gasteiger partial charge in [0.2, 0.25) is 0 Å². The van der Waals surface area contributed by atoms with Crippen molar-refractivity contribution >= 4 is 10.1 Å². The first-order valence-corrected chi connectivity index (χ1v) is 7.24. The molecular weight excluding hydrogens is 283 g/mol. The third-order valence-electron chi connectivity index (χ3n) is 2.29. The molecule has 0 aliphatic rings. The van der Waals surface area contributed by atoms with E-state index >= 15 is 0 Å². The lowest BCUT2D eigenvalue weighted by atomic mass is 10.2. The van der Waals surface area contributed by atoms with Gasteiger partial charge in [-0.25, -0.2) is 0 Å². The van der Waals surface area contributed by atoms with Gasteiger partial charge in [-0.05, 0) is 31.4 Å². The number of aromatic nitrogens is 1. The molecule has 0 aliphatic carbocycles. The van der Waals surface area contributed by atoms with Gasteiger partial charge in [0, 0.05) is 18.9 Å². The van der Waals surface area contributed by atoms with Gasteiger partial charge >= 0.3 is 15.6 Å². The Kier molecular flexibility index (Phi) is 7.14. The Bertz CT molecular complexity index is 466. The van der Waals surface area contributed by atoms with E-state index in [0.717, 1.165) is 6.54 Å². The number of rotatable bonds is 4. The number of unbranched alkanes of at least 4 members (excludes halogenated alkanes) is 1. The Morgan fingerprint density at radius 2 is 1.84 bits per heavy atom. The fraction of sp³-hybridized carbons (Fsp3) is 0.636. The van der Waals surface area contributed by atoms with Crippen LogP contribution in [0.3, 0.4) is 0 Å². The van der Waals surface area contributed by atoms with Crippen LogP contribution in [-0.4, -0.2) is 23.0 Å². The van der Waals surface area contributed by atoms with E-state index in [0.29, 0.717) is 0 Å². The number of aryl methyl sites for hydroxylation is 2. The average Bonchev–Trinajstić information content (AvgIpc) is 2.72. The summed E-state index contributed by atoms with van der Waals surface area (Å²) in [5, 5.41) is 0. The summed E-state index contributed by atoms with van der Waals surface area (Å²) in [7, 11) is -5.84. The maximum absolute atomic E-state index is 10.7. The molecule has 1 aromatic rings. The molecule has 1 rings (SSSR count). The molecule has 0 aliphatic heterocycles. The van der Waals surface area contributed by atoms with E-state index in [9.17, 15) is 13.2 Å². The molecule has 0 radical (unpaired) electrons. The van der Waals surface area contributed by atoms with Gasteiger partial charge < -0.3 is 4.57 Å². The molecule has 0 atom stereocenters. The van der Waals surface area contributed by atoms with Gasteiger partial charge in [0.25, 0.3) is 0 Å². The maximum atomic E-state index is 10.7. The van der Waals surface area contributed by atoms with E-state index in [2.05, 4.69) is 36.9 Å². The third kappa shape index (κ3) is 7.22. The van der Waals surface area contributed by atoms with Crippen LogP contribution in [0.2, 0.25) is 0 Å². The molecule has 0 amide bonds. The highest BCUT2D eigenvalue weighted by molar-refractivity contribution is 7.86. The summed E-state index contributed by atoms with van der Waals surface area (Å²) in [6, 6.07) is 2.22. The molecule has 19 heavy (non-hydrogen) atoms. The molecule has 0 bridgehead atoms. The summed E-state index contributed by atoms with van der Waals surface area (Å²) in [5.41, 5.74) is -4.05. The first-order chi connectivity index (χ1) is 8.61. The molecule has 0 spiro atoms. The van der Waals surface area contributed by atoms with Gasteiger partial charge in [0.1, 0.15) is 0 Å². The number of nitrogens with zero attached hydrogens (tertiary/aromatic N) is 1. The van der Waals surface area contributed by atoms with Crippen molar-refractivity contribution in [2.45, 2.75) is 45.2 Å². The van der Waals surface area contributed by atoms with Crippen LogP contribution >= 0.6 is 0 Å². The van der Waals surface area contributed by atoms with E-state index in [1.807, 2.05) is 0 Å². The normalized spacial score (nSPS) is 11.9. The van der Waals surface area contributed by atoms with Gasteiger partial charge in [-0.2, -0.15) is 21.6 Å². The maximum Gasteiger partial charge on any atom is 0.522 e. The first-order valence-electron chi connectivity index (χ1n) is 5.80. The summed E-state index contributed by atoms with van der Waals surface area (Å²) in [5.74, 6) is 0. The van der Waals surface area contributed by atoms with Crippen molar-refractivity contribution in [2.24, 2.45) is 0 Å². The lowest BCUT2D eigenvalue weighted by molar-refractivity contribution is -0.0510. The topological polar surface area (TPSA) is 59.3 Å². The second-order valence-electron chi connectivity index (χ2n) is 3.87. The second kappa shape index (κ2) is 7.54. The minimum atomic E-state index is -5.84. The third-order valence-corrected chi connectivity index (χ3v) is 2.87. The summed E-state index contributed by atoms with van der Waals surface area (Å²) >= 11 is 0. The van der Waals surface area contributed by atoms with Crippen LogP contribution in [0.5, 0.6) is 0 Å². The summed E-state index contributed by atoms with van der Waals surface area (Å²) in [4.78, 5) is 0. The van der Waals surface area contributed by atoms with E-state index in [4.69, 9.17) is 13.0 Å². The van der Waals surface area contributed by atoms with Crippen molar-refractivity contribution in [1.82, 2.24) is 4.57 Å². The van der Waals surface area contributed by atoms with Crippen LogP contribution in [0.1, 0.15) is 32.3 Å². The van der Waals surface area contributed by atoms with Crippen molar-refractivity contribution in [3.8, 4) is 0 Å². The monoisotopic (exact) mass is 301 g/mol. The molecule has 8 heteroatoms. The van der Waals surface area contributed by atoms with E-state index in [1.165, 1.54) is 24.8 Å². The van der Waals surface area contributed by atoms with Crippen molar-refractivity contribution in [3.05, 3.63) is 24.0 Å². The van der Waals surface area contributed by atoms with Gasteiger partial charge in [-0.15, -0.1) is 0 Å². The van der Waals surface area contributed by atoms with Crippen LogP contribution in [0, 0.1) is 0 Å². The first kappa shape index (κ1) is 18.0. The highest BCUT2D eigenvalue weighted by atomic mass is 32.2. The van der Waals surface area contributed by atoms with Crippen LogP contribution in [0.15, 0.2) is 18.5 Å². The predicted molar refractivity (Wildman–Crippen MR) is 66.3 cm³/mol. The Balaban J connectivity index is 0.000000362. The van der Waals surface area contributed by atoms with Crippen LogP contribution in [-0.2, 0) is 23.1 Å². The summed E-state index contributed by atoms with van der Waals surface area (Å²) < 4.78 is 59.8. The van der Waals surface area contributed by atoms with Crippen LogP contribution < -0.4 is 0 Å². The Hall–Kier alpha value is -1.02. The number of hydrogen-bond acceptors (Lipinski definition) is 2. The molecule has 0 aromatic carbocycles. The van der Waals surface area contributed by atoms with Crippen molar-refractivity contribution in [2.75, 3.05) is 0 Å². The van der Waals surface area contributed by atoms with Gasteiger partial charge in [0.15, 0.2) is 0 Å². The Morgan fingerprint density at radius 3 is 2.16 bits per heavy atom. The lowest BCUT2D eigenvalue weighted by Crippen LogP contribution is -2.21. The molecule has 112 valence electrons. The Morgan fingerprint density at radius 1 is 1.32 bits per heavy atom. The smallest absolute Gasteiger partial charge is 0.354 e. The van der Waals surface area contributed by atoms with Crippen molar-refractivity contribution < 1.29 is 26.1 Å². The standard InChI is InChI=1S/C10H17N.CHF3O3S/c1-3-5-6-10-7-8-11(4-2)9-10;2-1(3,4)8(5,6)7/h7-9H,3-6H2,1-2H3;(H,5,6,7). The zero-order chi connectivity index (χ0) is 15.1. The van der Waals surface area contributed by atoms with Crippen LogP contribution in [0.4, 0.5) is 13.2 Å². The van der Waals surface area contributed by atoms with E-state index in [-0.39, 0.29) is 0 Å². The predicted octanol–water partition coefficient (Wildman–Crippen LogP) is 3.24.